The number of hydrogen-bond donors (Lipinski definition) is 2. The number of benzene rings is 1. The lowest BCUT2D eigenvalue weighted by Gasteiger charge is -2.18. The Balaban J connectivity index is 1.40. The van der Waals surface area contributed by atoms with E-state index in [1.165, 1.54) is 5.56 Å². The lowest BCUT2D eigenvalue weighted by molar-refractivity contribution is -0.126. The molecular formula is C26H35N7O2S. The largest absolute Gasteiger partial charge is 0.369 e. The summed E-state index contributed by atoms with van der Waals surface area (Å²) in [5.74, 6) is 0.295. The van der Waals surface area contributed by atoms with Crippen molar-refractivity contribution in [3.63, 3.8) is 0 Å². The zero-order chi connectivity index (χ0) is 25.8. The van der Waals surface area contributed by atoms with E-state index in [1.54, 1.807) is 27.5 Å². The summed E-state index contributed by atoms with van der Waals surface area (Å²) < 4.78 is 1.81. The molecule has 1 aliphatic heterocycles. The number of aromatic nitrogens is 4. The summed E-state index contributed by atoms with van der Waals surface area (Å²) in [6.45, 7) is 12.5. The van der Waals surface area contributed by atoms with E-state index in [-0.39, 0.29) is 24.2 Å². The Morgan fingerprint density at radius 3 is 2.72 bits per heavy atom. The minimum atomic E-state index is -0.366. The number of nitrogens with zero attached hydrogens (tertiary/aromatic N) is 5. The highest BCUT2D eigenvalue weighted by atomic mass is 32.2. The minimum absolute atomic E-state index is 0.0181. The maximum Gasteiger partial charge on any atom is 0.227 e. The Morgan fingerprint density at radius 1 is 1.19 bits per heavy atom. The van der Waals surface area contributed by atoms with Gasteiger partial charge >= 0.3 is 0 Å². The maximum absolute atomic E-state index is 12.9. The first kappa shape index (κ1) is 25.9. The molecule has 1 atom stereocenters. The van der Waals surface area contributed by atoms with E-state index >= 15 is 0 Å². The molecule has 2 amide bonds. The summed E-state index contributed by atoms with van der Waals surface area (Å²) in [5.41, 5.74) is 3.91. The number of aryl methyl sites for hydroxylation is 2. The van der Waals surface area contributed by atoms with Gasteiger partial charge in [0.2, 0.25) is 11.8 Å². The van der Waals surface area contributed by atoms with Gasteiger partial charge in [-0.25, -0.2) is 14.6 Å². The SMILES string of the molecule is CCCNc1nc(SC(C)C)nc2c1cnn2CCNC(=O)C1CC(=O)N(c2ccc(C)c(C)c2)C1. The Labute approximate surface area is 216 Å². The molecule has 3 heterocycles. The van der Waals surface area contributed by atoms with E-state index in [4.69, 9.17) is 4.98 Å². The van der Waals surface area contributed by atoms with Crippen molar-refractivity contribution in [3.8, 4) is 0 Å². The number of hydrogen-bond acceptors (Lipinski definition) is 7. The lowest BCUT2D eigenvalue weighted by Crippen LogP contribution is -2.35. The molecule has 1 saturated heterocycles. The van der Waals surface area contributed by atoms with E-state index in [0.29, 0.717) is 30.0 Å². The van der Waals surface area contributed by atoms with E-state index in [0.717, 1.165) is 41.1 Å². The van der Waals surface area contributed by atoms with Crippen LogP contribution in [-0.2, 0) is 16.1 Å². The highest BCUT2D eigenvalue weighted by Crippen LogP contribution is 2.28. The number of thioether (sulfide) groups is 1. The number of nitrogens with one attached hydrogen (secondary N) is 2. The third kappa shape index (κ3) is 5.80. The molecule has 10 heteroatoms. The fourth-order valence-corrected chi connectivity index (χ4v) is 4.90. The van der Waals surface area contributed by atoms with Crippen molar-refractivity contribution in [2.45, 2.75) is 64.4 Å². The van der Waals surface area contributed by atoms with Crippen LogP contribution in [0.1, 0.15) is 44.7 Å². The predicted molar refractivity (Wildman–Crippen MR) is 144 cm³/mol. The van der Waals surface area contributed by atoms with Crippen molar-refractivity contribution in [2.75, 3.05) is 29.9 Å². The first-order chi connectivity index (χ1) is 17.3. The van der Waals surface area contributed by atoms with Crippen LogP contribution in [0.4, 0.5) is 11.5 Å². The number of carbonyl (C=O) groups excluding carboxylic acids is 2. The molecule has 192 valence electrons. The quantitative estimate of drug-likeness (QED) is 0.315. The third-order valence-corrected chi connectivity index (χ3v) is 7.14. The van der Waals surface area contributed by atoms with E-state index in [2.05, 4.69) is 41.5 Å². The van der Waals surface area contributed by atoms with Crippen LogP contribution < -0.4 is 15.5 Å². The van der Waals surface area contributed by atoms with Gasteiger partial charge in [-0.3, -0.25) is 9.59 Å². The number of carbonyl (C=O) groups is 2. The van der Waals surface area contributed by atoms with Gasteiger partial charge in [0.25, 0.3) is 0 Å². The Bertz CT molecular complexity index is 1260. The highest BCUT2D eigenvalue weighted by molar-refractivity contribution is 7.99. The van der Waals surface area contributed by atoms with Crippen LogP contribution in [0.25, 0.3) is 11.0 Å². The fourth-order valence-electron chi connectivity index (χ4n) is 4.20. The molecule has 1 fully saturated rings. The van der Waals surface area contributed by atoms with Gasteiger partial charge in [0.15, 0.2) is 10.8 Å². The second-order valence-electron chi connectivity index (χ2n) is 9.52. The summed E-state index contributed by atoms with van der Waals surface area (Å²) in [7, 11) is 0. The molecule has 36 heavy (non-hydrogen) atoms. The minimum Gasteiger partial charge on any atom is -0.369 e. The van der Waals surface area contributed by atoms with Gasteiger partial charge in [-0.15, -0.1) is 0 Å². The van der Waals surface area contributed by atoms with Crippen molar-refractivity contribution in [1.29, 1.82) is 0 Å². The summed E-state index contributed by atoms with van der Waals surface area (Å²) >= 11 is 1.61. The second kappa shape index (κ2) is 11.3. The molecule has 4 rings (SSSR count). The summed E-state index contributed by atoms with van der Waals surface area (Å²) in [6.07, 6.45) is 2.98. The maximum atomic E-state index is 12.9. The van der Waals surface area contributed by atoms with Crippen molar-refractivity contribution < 1.29 is 9.59 Å². The number of anilines is 2. The molecular weight excluding hydrogens is 474 g/mol. The Kier molecular flexibility index (Phi) is 8.13. The molecule has 2 aromatic heterocycles. The average molecular weight is 510 g/mol. The van der Waals surface area contributed by atoms with Gasteiger partial charge < -0.3 is 15.5 Å². The molecule has 0 bridgehead atoms. The summed E-state index contributed by atoms with van der Waals surface area (Å²) in [4.78, 5) is 36.6. The average Bonchev–Trinajstić information content (AvgIpc) is 3.42. The van der Waals surface area contributed by atoms with E-state index < -0.39 is 0 Å². The van der Waals surface area contributed by atoms with Crippen LogP contribution in [0.2, 0.25) is 0 Å². The molecule has 0 spiro atoms. The Morgan fingerprint density at radius 2 is 2.00 bits per heavy atom. The van der Waals surface area contributed by atoms with Crippen LogP contribution in [0.3, 0.4) is 0 Å². The van der Waals surface area contributed by atoms with Gasteiger partial charge in [-0.1, -0.05) is 38.6 Å². The van der Waals surface area contributed by atoms with Crippen LogP contribution in [0.15, 0.2) is 29.6 Å². The second-order valence-corrected chi connectivity index (χ2v) is 11.1. The molecule has 1 unspecified atom stereocenters. The van der Waals surface area contributed by atoms with Gasteiger partial charge in [0.05, 0.1) is 24.0 Å². The summed E-state index contributed by atoms with van der Waals surface area (Å²) in [5, 5.41) is 12.8. The van der Waals surface area contributed by atoms with Gasteiger partial charge in [0.1, 0.15) is 5.82 Å². The molecule has 9 nitrogen and oxygen atoms in total. The number of fused-ring (bicyclic) bond motifs is 1. The third-order valence-electron chi connectivity index (χ3n) is 6.28. The zero-order valence-electron chi connectivity index (χ0n) is 21.7. The standard InChI is InChI=1S/C26H35N7O2S/c1-6-9-27-23-21-14-29-33(24(21)31-26(30-23)36-16(2)3)11-10-28-25(35)19-13-22(34)32(15-19)20-8-7-17(4)18(5)12-20/h7-8,12,14,16,19H,6,9-11,13,15H2,1-5H3,(H,28,35)(H,27,30,31). The smallest absolute Gasteiger partial charge is 0.227 e. The van der Waals surface area contributed by atoms with Crippen LogP contribution in [0, 0.1) is 19.8 Å². The highest BCUT2D eigenvalue weighted by Gasteiger charge is 2.35. The van der Waals surface area contributed by atoms with Crippen molar-refractivity contribution in [1.82, 2.24) is 25.1 Å². The normalized spacial score (nSPS) is 15.8. The molecule has 0 aliphatic carbocycles. The summed E-state index contributed by atoms with van der Waals surface area (Å²) in [6, 6.07) is 5.96. The van der Waals surface area contributed by atoms with Crippen molar-refractivity contribution >= 4 is 46.1 Å². The van der Waals surface area contributed by atoms with E-state index in [1.807, 2.05) is 32.0 Å². The predicted octanol–water partition coefficient (Wildman–Crippen LogP) is 3.93. The van der Waals surface area contributed by atoms with E-state index in [9.17, 15) is 9.59 Å². The van der Waals surface area contributed by atoms with Gasteiger partial charge in [-0.05, 0) is 43.5 Å². The fraction of sp³-hybridized carbons (Fsp3) is 0.500. The lowest BCUT2D eigenvalue weighted by atomic mass is 10.1. The first-order valence-corrected chi connectivity index (χ1v) is 13.4. The first-order valence-electron chi connectivity index (χ1n) is 12.6. The Hall–Kier alpha value is -3.14. The number of amides is 2. The van der Waals surface area contributed by atoms with Crippen LogP contribution in [-0.4, -0.2) is 56.4 Å². The van der Waals surface area contributed by atoms with Gasteiger partial charge in [-0.2, -0.15) is 5.10 Å². The topological polar surface area (TPSA) is 105 Å². The molecule has 0 saturated carbocycles. The molecule has 1 aromatic carbocycles. The molecule has 3 aromatic rings. The molecule has 1 aliphatic rings. The van der Waals surface area contributed by atoms with Crippen LogP contribution in [0.5, 0.6) is 0 Å². The molecule has 2 N–H and O–H groups in total. The van der Waals surface area contributed by atoms with Gasteiger partial charge in [0, 0.05) is 37.0 Å². The van der Waals surface area contributed by atoms with Crippen LogP contribution >= 0.6 is 11.8 Å². The monoisotopic (exact) mass is 509 g/mol. The number of rotatable bonds is 10. The van der Waals surface area contributed by atoms with Crippen molar-refractivity contribution in [2.24, 2.45) is 5.92 Å². The zero-order valence-corrected chi connectivity index (χ0v) is 22.5. The van der Waals surface area contributed by atoms with Crippen molar-refractivity contribution in [3.05, 3.63) is 35.5 Å². The molecule has 0 radical (unpaired) electrons.